The van der Waals surface area contributed by atoms with Crippen LogP contribution in [0.25, 0.3) is 0 Å². The zero-order chi connectivity index (χ0) is 12.0. The zero-order valence-electron chi connectivity index (χ0n) is 11.2. The standard InChI is InChI=1S/C12H27N3O/c1-13-9-12(10-16-4)15-7-5-11(6-8-15)14(2)3/h11-13H,5-10H2,1-4H3. The Morgan fingerprint density at radius 3 is 2.44 bits per heavy atom. The molecule has 4 nitrogen and oxygen atoms in total. The Labute approximate surface area is 99.9 Å². The van der Waals surface area contributed by atoms with E-state index in [1.54, 1.807) is 7.11 Å². The van der Waals surface area contributed by atoms with E-state index in [0.29, 0.717) is 6.04 Å². The van der Waals surface area contributed by atoms with Gasteiger partial charge in [-0.1, -0.05) is 0 Å². The summed E-state index contributed by atoms with van der Waals surface area (Å²) in [7, 11) is 8.16. The van der Waals surface area contributed by atoms with Crippen molar-refractivity contribution in [3.63, 3.8) is 0 Å². The molecule has 1 unspecified atom stereocenters. The Morgan fingerprint density at radius 2 is 2.00 bits per heavy atom. The largest absolute Gasteiger partial charge is 0.383 e. The van der Waals surface area contributed by atoms with E-state index in [2.05, 4.69) is 29.2 Å². The van der Waals surface area contributed by atoms with Gasteiger partial charge >= 0.3 is 0 Å². The number of piperidine rings is 1. The van der Waals surface area contributed by atoms with Crippen LogP contribution in [-0.2, 0) is 4.74 Å². The van der Waals surface area contributed by atoms with Crippen molar-refractivity contribution >= 4 is 0 Å². The van der Waals surface area contributed by atoms with Gasteiger partial charge in [0, 0.05) is 38.8 Å². The second-order valence-electron chi connectivity index (χ2n) is 4.90. The summed E-state index contributed by atoms with van der Waals surface area (Å²) in [6, 6.07) is 1.28. The summed E-state index contributed by atoms with van der Waals surface area (Å²) in [5.74, 6) is 0. The van der Waals surface area contributed by atoms with Crippen LogP contribution >= 0.6 is 0 Å². The van der Waals surface area contributed by atoms with E-state index in [1.807, 2.05) is 7.05 Å². The van der Waals surface area contributed by atoms with Gasteiger partial charge in [0.1, 0.15) is 0 Å². The van der Waals surface area contributed by atoms with Crippen LogP contribution in [0.15, 0.2) is 0 Å². The van der Waals surface area contributed by atoms with Crippen molar-refractivity contribution in [2.75, 3.05) is 54.5 Å². The molecule has 0 aromatic rings. The third-order valence-corrected chi connectivity index (χ3v) is 3.54. The Bertz CT molecular complexity index is 173. The van der Waals surface area contributed by atoms with Crippen LogP contribution in [0, 0.1) is 0 Å². The fraction of sp³-hybridized carbons (Fsp3) is 1.00. The number of rotatable bonds is 6. The molecule has 0 saturated carbocycles. The van der Waals surface area contributed by atoms with E-state index in [-0.39, 0.29) is 0 Å². The monoisotopic (exact) mass is 229 g/mol. The minimum absolute atomic E-state index is 0.526. The Morgan fingerprint density at radius 1 is 1.38 bits per heavy atom. The third-order valence-electron chi connectivity index (χ3n) is 3.54. The maximum absolute atomic E-state index is 5.29. The number of likely N-dealkylation sites (tertiary alicyclic amines) is 1. The Hall–Kier alpha value is -0.160. The molecule has 1 aliphatic rings. The van der Waals surface area contributed by atoms with E-state index in [0.717, 1.165) is 19.2 Å². The van der Waals surface area contributed by atoms with Crippen LogP contribution in [0.2, 0.25) is 0 Å². The first-order valence-electron chi connectivity index (χ1n) is 6.23. The number of ether oxygens (including phenoxy) is 1. The molecule has 16 heavy (non-hydrogen) atoms. The minimum atomic E-state index is 0.526. The van der Waals surface area contributed by atoms with Gasteiger partial charge in [0.25, 0.3) is 0 Å². The molecule has 0 radical (unpaired) electrons. The molecule has 1 heterocycles. The van der Waals surface area contributed by atoms with Gasteiger partial charge in [-0.3, -0.25) is 4.90 Å². The minimum Gasteiger partial charge on any atom is -0.383 e. The highest BCUT2D eigenvalue weighted by atomic mass is 16.5. The molecule has 0 aromatic carbocycles. The molecule has 96 valence electrons. The van der Waals surface area contributed by atoms with E-state index in [9.17, 15) is 0 Å². The highest BCUT2D eigenvalue weighted by Crippen LogP contribution is 2.16. The molecule has 1 atom stereocenters. The molecular weight excluding hydrogens is 202 g/mol. The fourth-order valence-electron chi connectivity index (χ4n) is 2.49. The average Bonchev–Trinajstić information content (AvgIpc) is 2.29. The quantitative estimate of drug-likeness (QED) is 0.706. The van der Waals surface area contributed by atoms with Crippen molar-refractivity contribution in [1.82, 2.24) is 15.1 Å². The van der Waals surface area contributed by atoms with Crippen LogP contribution in [-0.4, -0.2) is 76.4 Å². The maximum atomic E-state index is 5.29. The molecule has 0 bridgehead atoms. The normalized spacial score (nSPS) is 21.6. The molecule has 1 N–H and O–H groups in total. The van der Waals surface area contributed by atoms with Gasteiger partial charge in [0.05, 0.1) is 6.61 Å². The van der Waals surface area contributed by atoms with Gasteiger partial charge in [0.2, 0.25) is 0 Å². The first-order chi connectivity index (χ1) is 7.69. The van der Waals surface area contributed by atoms with Crippen molar-refractivity contribution in [3.8, 4) is 0 Å². The highest BCUT2D eigenvalue weighted by molar-refractivity contribution is 4.82. The van der Waals surface area contributed by atoms with Crippen LogP contribution in [0.5, 0.6) is 0 Å². The number of nitrogens with zero attached hydrogens (tertiary/aromatic N) is 2. The second-order valence-corrected chi connectivity index (χ2v) is 4.90. The van der Waals surface area contributed by atoms with Gasteiger partial charge < -0.3 is 15.0 Å². The lowest BCUT2D eigenvalue weighted by Gasteiger charge is -2.39. The van der Waals surface area contributed by atoms with Crippen LogP contribution in [0.4, 0.5) is 0 Å². The molecule has 1 fully saturated rings. The van der Waals surface area contributed by atoms with Gasteiger partial charge in [-0.25, -0.2) is 0 Å². The van der Waals surface area contributed by atoms with Crippen LogP contribution < -0.4 is 5.32 Å². The third kappa shape index (κ3) is 4.01. The number of likely N-dealkylation sites (N-methyl/N-ethyl adjacent to an activating group) is 1. The number of nitrogens with one attached hydrogen (secondary N) is 1. The van der Waals surface area contributed by atoms with Crippen molar-refractivity contribution in [3.05, 3.63) is 0 Å². The van der Waals surface area contributed by atoms with Gasteiger partial charge in [0.15, 0.2) is 0 Å². The van der Waals surface area contributed by atoms with Gasteiger partial charge in [-0.05, 0) is 34.0 Å². The lowest BCUT2D eigenvalue weighted by molar-refractivity contribution is 0.0574. The summed E-state index contributed by atoms with van der Waals surface area (Å²) in [5, 5.41) is 3.25. The lowest BCUT2D eigenvalue weighted by atomic mass is 10.0. The fourth-order valence-corrected chi connectivity index (χ4v) is 2.49. The zero-order valence-corrected chi connectivity index (χ0v) is 11.2. The predicted octanol–water partition coefficient (Wildman–Crippen LogP) is 0.247. The Balaban J connectivity index is 2.37. The van der Waals surface area contributed by atoms with Crippen molar-refractivity contribution in [2.45, 2.75) is 24.9 Å². The topological polar surface area (TPSA) is 27.7 Å². The highest BCUT2D eigenvalue weighted by Gasteiger charge is 2.25. The van der Waals surface area contributed by atoms with E-state index >= 15 is 0 Å². The van der Waals surface area contributed by atoms with E-state index in [1.165, 1.54) is 25.9 Å². The van der Waals surface area contributed by atoms with E-state index < -0.39 is 0 Å². The summed E-state index contributed by atoms with van der Waals surface area (Å²) in [4.78, 5) is 4.90. The number of hydrogen-bond donors (Lipinski definition) is 1. The number of methoxy groups -OCH3 is 1. The molecular formula is C12H27N3O. The summed E-state index contributed by atoms with van der Waals surface area (Å²) >= 11 is 0. The van der Waals surface area contributed by atoms with Crippen molar-refractivity contribution in [1.29, 1.82) is 0 Å². The summed E-state index contributed by atoms with van der Waals surface area (Å²) in [5.41, 5.74) is 0. The second kappa shape index (κ2) is 7.22. The molecule has 1 saturated heterocycles. The first kappa shape index (κ1) is 13.9. The van der Waals surface area contributed by atoms with Crippen molar-refractivity contribution < 1.29 is 4.74 Å². The SMILES string of the molecule is CNCC(COC)N1CCC(N(C)C)CC1. The van der Waals surface area contributed by atoms with E-state index in [4.69, 9.17) is 4.74 Å². The molecule has 1 aliphatic heterocycles. The average molecular weight is 229 g/mol. The Kier molecular flexibility index (Phi) is 6.28. The molecule has 4 heteroatoms. The predicted molar refractivity (Wildman–Crippen MR) is 67.9 cm³/mol. The van der Waals surface area contributed by atoms with Crippen LogP contribution in [0.1, 0.15) is 12.8 Å². The lowest BCUT2D eigenvalue weighted by Crippen LogP contribution is -2.50. The summed E-state index contributed by atoms with van der Waals surface area (Å²) in [6.07, 6.45) is 2.55. The molecule has 0 aromatic heterocycles. The summed E-state index contributed by atoms with van der Waals surface area (Å²) < 4.78 is 5.29. The van der Waals surface area contributed by atoms with Crippen molar-refractivity contribution in [2.24, 2.45) is 0 Å². The van der Waals surface area contributed by atoms with Crippen LogP contribution in [0.3, 0.4) is 0 Å². The summed E-state index contributed by atoms with van der Waals surface area (Å²) in [6.45, 7) is 4.23. The molecule has 0 amide bonds. The molecule has 0 spiro atoms. The first-order valence-corrected chi connectivity index (χ1v) is 6.23. The van der Waals surface area contributed by atoms with Gasteiger partial charge in [-0.2, -0.15) is 0 Å². The number of hydrogen-bond acceptors (Lipinski definition) is 4. The molecule has 1 rings (SSSR count). The smallest absolute Gasteiger partial charge is 0.0630 e. The molecule has 0 aliphatic carbocycles. The maximum Gasteiger partial charge on any atom is 0.0630 e. The van der Waals surface area contributed by atoms with Gasteiger partial charge in [-0.15, -0.1) is 0 Å².